The molecular formula is C20H25NO4. The second kappa shape index (κ2) is 8.42. The molecule has 0 fully saturated rings. The van der Waals surface area contributed by atoms with E-state index in [1.807, 2.05) is 13.0 Å². The van der Waals surface area contributed by atoms with E-state index in [9.17, 15) is 4.79 Å². The third kappa shape index (κ3) is 4.89. The van der Waals surface area contributed by atoms with E-state index in [0.29, 0.717) is 30.2 Å². The second-order valence-electron chi connectivity index (χ2n) is 5.91. The molecule has 0 aliphatic rings. The number of benzene rings is 2. The van der Waals surface area contributed by atoms with Crippen molar-refractivity contribution in [3.63, 3.8) is 0 Å². The monoisotopic (exact) mass is 343 g/mol. The van der Waals surface area contributed by atoms with E-state index in [4.69, 9.17) is 14.2 Å². The molecule has 0 aliphatic carbocycles. The lowest BCUT2D eigenvalue weighted by Gasteiger charge is -2.13. The first-order valence-corrected chi connectivity index (χ1v) is 8.16. The van der Waals surface area contributed by atoms with Crippen molar-refractivity contribution < 1.29 is 19.0 Å². The average molecular weight is 343 g/mol. The van der Waals surface area contributed by atoms with Crippen LogP contribution in [0, 0.1) is 20.8 Å². The van der Waals surface area contributed by atoms with E-state index >= 15 is 0 Å². The minimum atomic E-state index is -0.197. The quantitative estimate of drug-likeness (QED) is 0.783. The summed E-state index contributed by atoms with van der Waals surface area (Å²) in [7, 11) is 3.10. The lowest BCUT2D eigenvalue weighted by atomic mass is 10.1. The predicted molar refractivity (Wildman–Crippen MR) is 98.0 cm³/mol. The lowest BCUT2D eigenvalue weighted by molar-refractivity contribution is 0.0946. The van der Waals surface area contributed by atoms with Crippen molar-refractivity contribution in [1.29, 1.82) is 0 Å². The zero-order chi connectivity index (χ0) is 18.4. The van der Waals surface area contributed by atoms with Crippen LogP contribution in [-0.4, -0.2) is 33.3 Å². The molecule has 0 saturated carbocycles. The van der Waals surface area contributed by atoms with Gasteiger partial charge in [0.2, 0.25) is 0 Å². The molecule has 0 heterocycles. The van der Waals surface area contributed by atoms with Gasteiger partial charge in [0, 0.05) is 11.6 Å². The van der Waals surface area contributed by atoms with Gasteiger partial charge in [0.05, 0.1) is 20.8 Å². The summed E-state index contributed by atoms with van der Waals surface area (Å²) < 4.78 is 16.1. The van der Waals surface area contributed by atoms with Crippen LogP contribution in [0.3, 0.4) is 0 Å². The predicted octanol–water partition coefficient (Wildman–Crippen LogP) is 3.44. The highest BCUT2D eigenvalue weighted by Gasteiger charge is 2.10. The number of hydrogen-bond donors (Lipinski definition) is 1. The van der Waals surface area contributed by atoms with E-state index in [1.54, 1.807) is 32.4 Å². The molecule has 134 valence electrons. The number of methoxy groups -OCH3 is 2. The highest BCUT2D eigenvalue weighted by molar-refractivity contribution is 5.95. The number of rotatable bonds is 7. The summed E-state index contributed by atoms with van der Waals surface area (Å²) in [6, 6.07) is 9.20. The smallest absolute Gasteiger partial charge is 0.251 e. The molecule has 0 unspecified atom stereocenters. The SMILES string of the molecule is COc1cc(OC)cc(C(=O)NCCOc2cc(C)c(C)cc2C)c1. The van der Waals surface area contributed by atoms with Crippen molar-refractivity contribution in [3.8, 4) is 17.2 Å². The summed E-state index contributed by atoms with van der Waals surface area (Å²) in [5.74, 6) is 1.80. The van der Waals surface area contributed by atoms with Crippen molar-refractivity contribution >= 4 is 5.91 Å². The van der Waals surface area contributed by atoms with Crippen LogP contribution in [0.15, 0.2) is 30.3 Å². The number of hydrogen-bond acceptors (Lipinski definition) is 4. The van der Waals surface area contributed by atoms with E-state index in [-0.39, 0.29) is 5.91 Å². The first-order valence-electron chi connectivity index (χ1n) is 8.16. The minimum absolute atomic E-state index is 0.197. The van der Waals surface area contributed by atoms with Gasteiger partial charge in [-0.3, -0.25) is 4.79 Å². The first kappa shape index (κ1) is 18.6. The first-order chi connectivity index (χ1) is 11.9. The van der Waals surface area contributed by atoms with Gasteiger partial charge in [-0.2, -0.15) is 0 Å². The van der Waals surface area contributed by atoms with E-state index in [0.717, 1.165) is 11.3 Å². The molecule has 0 atom stereocenters. The van der Waals surface area contributed by atoms with Crippen molar-refractivity contribution in [3.05, 3.63) is 52.6 Å². The van der Waals surface area contributed by atoms with E-state index in [2.05, 4.69) is 25.2 Å². The van der Waals surface area contributed by atoms with Gasteiger partial charge in [-0.15, -0.1) is 0 Å². The maximum Gasteiger partial charge on any atom is 0.251 e. The molecule has 2 rings (SSSR count). The van der Waals surface area contributed by atoms with Crippen molar-refractivity contribution in [2.75, 3.05) is 27.4 Å². The molecule has 0 bridgehead atoms. The Balaban J connectivity index is 1.92. The zero-order valence-electron chi connectivity index (χ0n) is 15.4. The number of ether oxygens (including phenoxy) is 3. The fourth-order valence-electron chi connectivity index (χ4n) is 2.46. The lowest BCUT2D eigenvalue weighted by Crippen LogP contribution is -2.28. The van der Waals surface area contributed by atoms with Crippen LogP contribution in [0.4, 0.5) is 0 Å². The summed E-state index contributed by atoms with van der Waals surface area (Å²) in [5.41, 5.74) is 4.00. The van der Waals surface area contributed by atoms with Gasteiger partial charge < -0.3 is 19.5 Å². The summed E-state index contributed by atoms with van der Waals surface area (Å²) in [4.78, 5) is 12.3. The van der Waals surface area contributed by atoms with Crippen LogP contribution in [0.25, 0.3) is 0 Å². The normalized spacial score (nSPS) is 10.3. The molecule has 0 aromatic heterocycles. The molecule has 5 nitrogen and oxygen atoms in total. The molecular weight excluding hydrogens is 318 g/mol. The molecule has 0 spiro atoms. The van der Waals surface area contributed by atoms with Crippen LogP contribution < -0.4 is 19.5 Å². The molecule has 2 aromatic rings. The highest BCUT2D eigenvalue weighted by Crippen LogP contribution is 2.23. The maximum atomic E-state index is 12.3. The molecule has 1 N–H and O–H groups in total. The Bertz CT molecular complexity index is 733. The van der Waals surface area contributed by atoms with E-state index in [1.165, 1.54) is 11.1 Å². The maximum absolute atomic E-state index is 12.3. The third-order valence-electron chi connectivity index (χ3n) is 4.05. The van der Waals surface area contributed by atoms with Crippen molar-refractivity contribution in [2.24, 2.45) is 0 Å². The Labute approximate surface area is 148 Å². The summed E-state index contributed by atoms with van der Waals surface area (Å²) in [6.45, 7) is 6.96. The Morgan fingerprint density at radius 1 is 0.880 bits per heavy atom. The van der Waals surface area contributed by atoms with Crippen LogP contribution >= 0.6 is 0 Å². The molecule has 0 aliphatic heterocycles. The second-order valence-corrected chi connectivity index (χ2v) is 5.91. The van der Waals surface area contributed by atoms with E-state index < -0.39 is 0 Å². The van der Waals surface area contributed by atoms with Gasteiger partial charge in [-0.25, -0.2) is 0 Å². The van der Waals surface area contributed by atoms with Gasteiger partial charge in [0.15, 0.2) is 0 Å². The molecule has 25 heavy (non-hydrogen) atoms. The topological polar surface area (TPSA) is 56.8 Å². The number of nitrogens with one attached hydrogen (secondary N) is 1. The Kier molecular flexibility index (Phi) is 6.28. The highest BCUT2D eigenvalue weighted by atomic mass is 16.5. The van der Waals surface area contributed by atoms with Crippen LogP contribution in [0.1, 0.15) is 27.0 Å². The van der Waals surface area contributed by atoms with Crippen molar-refractivity contribution in [1.82, 2.24) is 5.32 Å². The number of carbonyl (C=O) groups excluding carboxylic acids is 1. The van der Waals surface area contributed by atoms with Crippen LogP contribution in [-0.2, 0) is 0 Å². The number of amides is 1. The van der Waals surface area contributed by atoms with Gasteiger partial charge in [-0.05, 0) is 55.7 Å². The number of carbonyl (C=O) groups is 1. The van der Waals surface area contributed by atoms with Crippen LogP contribution in [0.2, 0.25) is 0 Å². The fraction of sp³-hybridized carbons (Fsp3) is 0.350. The van der Waals surface area contributed by atoms with Gasteiger partial charge in [0.1, 0.15) is 23.9 Å². The summed E-state index contributed by atoms with van der Waals surface area (Å²) >= 11 is 0. The van der Waals surface area contributed by atoms with Gasteiger partial charge in [-0.1, -0.05) is 6.07 Å². The average Bonchev–Trinajstić information content (AvgIpc) is 2.61. The standard InChI is InChI=1S/C20H25NO4/c1-13-8-15(3)19(9-14(13)2)25-7-6-21-20(22)16-10-17(23-4)12-18(11-16)24-5/h8-12H,6-7H2,1-5H3,(H,21,22). The molecule has 1 amide bonds. The summed E-state index contributed by atoms with van der Waals surface area (Å²) in [5, 5.41) is 2.84. The summed E-state index contributed by atoms with van der Waals surface area (Å²) in [6.07, 6.45) is 0. The van der Waals surface area contributed by atoms with Gasteiger partial charge in [0.25, 0.3) is 5.91 Å². The van der Waals surface area contributed by atoms with Crippen LogP contribution in [0.5, 0.6) is 17.2 Å². The Hall–Kier alpha value is -2.69. The molecule has 0 radical (unpaired) electrons. The fourth-order valence-corrected chi connectivity index (χ4v) is 2.46. The van der Waals surface area contributed by atoms with Gasteiger partial charge >= 0.3 is 0 Å². The Morgan fingerprint density at radius 2 is 1.48 bits per heavy atom. The molecule has 0 saturated heterocycles. The minimum Gasteiger partial charge on any atom is -0.497 e. The molecule has 2 aromatic carbocycles. The largest absolute Gasteiger partial charge is 0.497 e. The third-order valence-corrected chi connectivity index (χ3v) is 4.05. The Morgan fingerprint density at radius 3 is 2.08 bits per heavy atom. The van der Waals surface area contributed by atoms with Crippen molar-refractivity contribution in [2.45, 2.75) is 20.8 Å². The molecule has 5 heteroatoms. The number of aryl methyl sites for hydroxylation is 3. The zero-order valence-corrected chi connectivity index (χ0v) is 15.4.